The van der Waals surface area contributed by atoms with Crippen molar-refractivity contribution in [1.82, 2.24) is 9.88 Å². The normalized spacial score (nSPS) is 27.8. The van der Waals surface area contributed by atoms with Crippen LogP contribution < -0.4 is 0 Å². The maximum atomic E-state index is 11.7. The van der Waals surface area contributed by atoms with E-state index in [2.05, 4.69) is 11.8 Å². The van der Waals surface area contributed by atoms with E-state index >= 15 is 0 Å². The number of piperidine rings is 1. The molecular weight excluding hydrogens is 320 g/mol. The van der Waals surface area contributed by atoms with Crippen molar-refractivity contribution in [2.24, 2.45) is 0 Å². The van der Waals surface area contributed by atoms with E-state index in [0.717, 1.165) is 22.3 Å². The summed E-state index contributed by atoms with van der Waals surface area (Å²) in [5.41, 5.74) is 1.60. The fourth-order valence-electron chi connectivity index (χ4n) is 4.08. The van der Waals surface area contributed by atoms with E-state index in [1.165, 1.54) is 50.8 Å². The van der Waals surface area contributed by atoms with E-state index in [0.29, 0.717) is 11.5 Å². The molecule has 1 aliphatic carbocycles. The van der Waals surface area contributed by atoms with Crippen molar-refractivity contribution < 1.29 is 9.53 Å². The van der Waals surface area contributed by atoms with Gasteiger partial charge < -0.3 is 4.74 Å². The SMILES string of the molecule is COC(=O)c1ccc2nc([C@H]3C[C@H](N4CCCC[C@@H]4C)C3)sc2c1. The Morgan fingerprint density at radius 3 is 2.92 bits per heavy atom. The highest BCUT2D eigenvalue weighted by molar-refractivity contribution is 7.18. The summed E-state index contributed by atoms with van der Waals surface area (Å²) in [7, 11) is 1.42. The predicted octanol–water partition coefficient (Wildman–Crippen LogP) is 4.20. The van der Waals surface area contributed by atoms with Crippen LogP contribution in [0.25, 0.3) is 10.2 Å². The van der Waals surface area contributed by atoms with E-state index in [9.17, 15) is 4.79 Å². The number of hydrogen-bond donors (Lipinski definition) is 0. The Morgan fingerprint density at radius 2 is 2.17 bits per heavy atom. The van der Waals surface area contributed by atoms with Gasteiger partial charge in [-0.25, -0.2) is 9.78 Å². The molecule has 1 atom stereocenters. The van der Waals surface area contributed by atoms with Gasteiger partial charge in [-0.2, -0.15) is 0 Å². The Kier molecular flexibility index (Phi) is 4.31. The van der Waals surface area contributed by atoms with Gasteiger partial charge in [0.15, 0.2) is 0 Å². The second kappa shape index (κ2) is 6.45. The number of carbonyl (C=O) groups excluding carboxylic acids is 1. The summed E-state index contributed by atoms with van der Waals surface area (Å²) in [4.78, 5) is 19.2. The van der Waals surface area contributed by atoms with Crippen LogP contribution in [-0.4, -0.2) is 41.6 Å². The molecule has 128 valence electrons. The molecule has 2 aromatic rings. The van der Waals surface area contributed by atoms with Gasteiger partial charge in [-0.1, -0.05) is 6.42 Å². The molecule has 0 N–H and O–H groups in total. The molecule has 5 heteroatoms. The Balaban J connectivity index is 1.47. The number of esters is 1. The quantitative estimate of drug-likeness (QED) is 0.783. The van der Waals surface area contributed by atoms with E-state index in [1.54, 1.807) is 17.4 Å². The van der Waals surface area contributed by atoms with Crippen LogP contribution in [0.5, 0.6) is 0 Å². The zero-order chi connectivity index (χ0) is 16.7. The Hall–Kier alpha value is -1.46. The molecule has 1 aromatic carbocycles. The van der Waals surface area contributed by atoms with Gasteiger partial charge in [-0.05, 0) is 57.4 Å². The molecular formula is C19H24N2O2S. The summed E-state index contributed by atoms with van der Waals surface area (Å²) in [6.45, 7) is 3.64. The van der Waals surface area contributed by atoms with Gasteiger partial charge in [0.05, 0.1) is 27.9 Å². The lowest BCUT2D eigenvalue weighted by Crippen LogP contribution is -2.50. The lowest BCUT2D eigenvalue weighted by molar-refractivity contribution is 0.0480. The van der Waals surface area contributed by atoms with Gasteiger partial charge in [0.25, 0.3) is 0 Å². The molecule has 1 saturated heterocycles. The first kappa shape index (κ1) is 16.0. The maximum absolute atomic E-state index is 11.7. The molecule has 1 aliphatic heterocycles. The number of thiazole rings is 1. The second-order valence-electron chi connectivity index (χ2n) is 7.13. The van der Waals surface area contributed by atoms with E-state index in [4.69, 9.17) is 9.72 Å². The third-order valence-electron chi connectivity index (χ3n) is 5.61. The number of rotatable bonds is 3. The van der Waals surface area contributed by atoms with E-state index < -0.39 is 0 Å². The first-order valence-corrected chi connectivity index (χ1v) is 9.72. The van der Waals surface area contributed by atoms with E-state index in [1.807, 2.05) is 12.1 Å². The number of carbonyl (C=O) groups is 1. The molecule has 0 unspecified atom stereocenters. The number of likely N-dealkylation sites (tertiary alicyclic amines) is 1. The van der Waals surface area contributed by atoms with Crippen molar-refractivity contribution in [1.29, 1.82) is 0 Å². The highest BCUT2D eigenvalue weighted by Crippen LogP contribution is 2.44. The standard InChI is InChI=1S/C19H24N2O2S/c1-12-5-3-4-8-21(12)15-9-14(10-15)18-20-16-7-6-13(19(22)23-2)11-17(16)24-18/h6-7,11-12,14-15H,3-5,8-10H2,1-2H3/t12-,14-,15-/m0/s1. The highest BCUT2D eigenvalue weighted by Gasteiger charge is 2.38. The second-order valence-corrected chi connectivity index (χ2v) is 8.19. The zero-order valence-corrected chi connectivity index (χ0v) is 15.1. The molecule has 2 aliphatic rings. The summed E-state index contributed by atoms with van der Waals surface area (Å²) in [6.07, 6.45) is 6.54. The number of aromatic nitrogens is 1. The van der Waals surface area contributed by atoms with Gasteiger partial charge in [0.1, 0.15) is 0 Å². The largest absolute Gasteiger partial charge is 0.465 e. The molecule has 0 amide bonds. The monoisotopic (exact) mass is 344 g/mol. The third kappa shape index (κ3) is 2.84. The molecule has 0 bridgehead atoms. The number of benzene rings is 1. The highest BCUT2D eigenvalue weighted by atomic mass is 32.1. The molecule has 4 nitrogen and oxygen atoms in total. The molecule has 1 saturated carbocycles. The Morgan fingerprint density at radius 1 is 1.33 bits per heavy atom. The minimum absolute atomic E-state index is 0.283. The zero-order valence-electron chi connectivity index (χ0n) is 14.3. The topological polar surface area (TPSA) is 42.4 Å². The predicted molar refractivity (Wildman–Crippen MR) is 96.7 cm³/mol. The van der Waals surface area contributed by atoms with Crippen LogP contribution >= 0.6 is 11.3 Å². The molecule has 1 aromatic heterocycles. The van der Waals surface area contributed by atoms with Crippen LogP contribution in [0.15, 0.2) is 18.2 Å². The Labute approximate surface area is 146 Å². The van der Waals surface area contributed by atoms with Crippen molar-refractivity contribution in [3.05, 3.63) is 28.8 Å². The summed E-state index contributed by atoms with van der Waals surface area (Å²) >= 11 is 1.74. The lowest BCUT2D eigenvalue weighted by Gasteiger charge is -2.47. The van der Waals surface area contributed by atoms with Gasteiger partial charge in [0.2, 0.25) is 0 Å². The molecule has 24 heavy (non-hydrogen) atoms. The average molecular weight is 344 g/mol. The molecule has 0 radical (unpaired) electrons. The fraction of sp³-hybridized carbons (Fsp3) is 0.579. The summed E-state index contributed by atoms with van der Waals surface area (Å²) in [5, 5.41) is 1.23. The summed E-state index contributed by atoms with van der Waals surface area (Å²) < 4.78 is 5.89. The van der Waals surface area contributed by atoms with Gasteiger partial charge in [-0.15, -0.1) is 11.3 Å². The number of methoxy groups -OCH3 is 1. The average Bonchev–Trinajstić information content (AvgIpc) is 2.97. The lowest BCUT2D eigenvalue weighted by atomic mass is 9.78. The minimum Gasteiger partial charge on any atom is -0.465 e. The maximum Gasteiger partial charge on any atom is 0.337 e. The number of ether oxygens (including phenoxy) is 1. The van der Waals surface area contributed by atoms with Crippen LogP contribution in [0.1, 0.15) is 60.3 Å². The van der Waals surface area contributed by atoms with Crippen LogP contribution in [0.2, 0.25) is 0 Å². The van der Waals surface area contributed by atoms with Gasteiger partial charge in [-0.3, -0.25) is 4.90 Å². The molecule has 4 rings (SSSR count). The van der Waals surface area contributed by atoms with Crippen LogP contribution in [0.3, 0.4) is 0 Å². The van der Waals surface area contributed by atoms with Gasteiger partial charge in [0, 0.05) is 18.0 Å². The Bertz CT molecular complexity index is 751. The van der Waals surface area contributed by atoms with E-state index in [-0.39, 0.29) is 5.97 Å². The number of hydrogen-bond acceptors (Lipinski definition) is 5. The number of nitrogens with zero attached hydrogens (tertiary/aromatic N) is 2. The van der Waals surface area contributed by atoms with Crippen LogP contribution in [0, 0.1) is 0 Å². The van der Waals surface area contributed by atoms with Crippen molar-refractivity contribution in [3.63, 3.8) is 0 Å². The minimum atomic E-state index is -0.283. The van der Waals surface area contributed by atoms with Gasteiger partial charge >= 0.3 is 5.97 Å². The summed E-state index contributed by atoms with van der Waals surface area (Å²) in [5.74, 6) is 0.303. The first-order valence-electron chi connectivity index (χ1n) is 8.90. The number of fused-ring (bicyclic) bond motifs is 1. The summed E-state index contributed by atoms with van der Waals surface area (Å²) in [6, 6.07) is 7.12. The van der Waals surface area contributed by atoms with Crippen molar-refractivity contribution in [2.45, 2.75) is 57.0 Å². The fourth-order valence-corrected chi connectivity index (χ4v) is 5.22. The third-order valence-corrected chi connectivity index (χ3v) is 6.79. The smallest absolute Gasteiger partial charge is 0.337 e. The van der Waals surface area contributed by atoms with Crippen molar-refractivity contribution in [2.75, 3.05) is 13.7 Å². The molecule has 2 fully saturated rings. The molecule has 0 spiro atoms. The van der Waals surface area contributed by atoms with Crippen LogP contribution in [-0.2, 0) is 4.74 Å². The van der Waals surface area contributed by atoms with Crippen LogP contribution in [0.4, 0.5) is 0 Å². The van der Waals surface area contributed by atoms with Crippen molar-refractivity contribution in [3.8, 4) is 0 Å². The van der Waals surface area contributed by atoms with Crippen molar-refractivity contribution >= 4 is 27.5 Å². The molecule has 2 heterocycles. The first-order chi connectivity index (χ1) is 11.7.